The molecule has 3 aliphatic carbocycles. The highest BCUT2D eigenvalue weighted by Crippen LogP contribution is 2.75. The highest BCUT2D eigenvalue weighted by atomic mass is 19.4. The Balaban J connectivity index is 1.46. The smallest absolute Gasteiger partial charge is 0.471 e. The Kier molecular flexibility index (Phi) is 3.05. The maximum atomic E-state index is 12.3. The number of rotatable bonds is 3. The van der Waals surface area contributed by atoms with Gasteiger partial charge in [0.05, 0.1) is 5.41 Å². The van der Waals surface area contributed by atoms with Crippen LogP contribution < -0.4 is 0 Å². The molecule has 21 heavy (non-hydrogen) atoms. The van der Waals surface area contributed by atoms with Gasteiger partial charge in [0.15, 0.2) is 0 Å². The summed E-state index contributed by atoms with van der Waals surface area (Å²) in [5, 5.41) is 9.07. The van der Waals surface area contributed by atoms with Crippen LogP contribution in [0.5, 0.6) is 0 Å². The number of carbonyl (C=O) groups is 2. The van der Waals surface area contributed by atoms with Crippen molar-refractivity contribution in [3.63, 3.8) is 0 Å². The van der Waals surface area contributed by atoms with E-state index in [0.29, 0.717) is 18.8 Å². The van der Waals surface area contributed by atoms with Gasteiger partial charge in [0, 0.05) is 13.1 Å². The Hall–Kier alpha value is -1.27. The molecule has 0 atom stereocenters. The van der Waals surface area contributed by atoms with Crippen LogP contribution in [0.4, 0.5) is 13.2 Å². The zero-order chi connectivity index (χ0) is 15.5. The average Bonchev–Trinajstić information content (AvgIpc) is 2.30. The predicted molar refractivity (Wildman–Crippen MR) is 66.3 cm³/mol. The third kappa shape index (κ3) is 2.30. The summed E-state index contributed by atoms with van der Waals surface area (Å²) in [6.45, 7) is 0.312. The molecule has 1 N–H and O–H groups in total. The second kappa shape index (κ2) is 4.36. The Morgan fingerprint density at radius 3 is 2.10 bits per heavy atom. The van der Waals surface area contributed by atoms with Crippen molar-refractivity contribution < 1.29 is 27.9 Å². The van der Waals surface area contributed by atoms with E-state index in [-0.39, 0.29) is 18.5 Å². The summed E-state index contributed by atoms with van der Waals surface area (Å²) < 4.78 is 37.0. The van der Waals surface area contributed by atoms with Crippen LogP contribution in [-0.2, 0) is 9.59 Å². The van der Waals surface area contributed by atoms with Crippen molar-refractivity contribution in [2.75, 3.05) is 13.1 Å². The van der Waals surface area contributed by atoms with E-state index < -0.39 is 23.5 Å². The lowest BCUT2D eigenvalue weighted by Gasteiger charge is -2.69. The van der Waals surface area contributed by atoms with Crippen molar-refractivity contribution >= 4 is 11.9 Å². The zero-order valence-corrected chi connectivity index (χ0v) is 11.6. The van der Waals surface area contributed by atoms with Crippen LogP contribution in [-0.4, -0.2) is 41.1 Å². The Labute approximate surface area is 120 Å². The lowest BCUT2D eigenvalue weighted by Crippen LogP contribution is -2.65. The minimum atomic E-state index is -4.78. The molecular weight excluding hydrogens is 287 g/mol. The largest absolute Gasteiger partial charge is 0.481 e. The third-order valence-electron chi connectivity index (χ3n) is 5.46. The number of nitrogens with zero attached hydrogens (tertiary/aromatic N) is 1. The van der Waals surface area contributed by atoms with Gasteiger partial charge in [0.1, 0.15) is 0 Å². The van der Waals surface area contributed by atoms with Gasteiger partial charge >= 0.3 is 18.1 Å². The van der Waals surface area contributed by atoms with Crippen LogP contribution >= 0.6 is 0 Å². The molecule has 4 rings (SSSR count). The maximum absolute atomic E-state index is 12.3. The van der Waals surface area contributed by atoms with Gasteiger partial charge in [-0.3, -0.25) is 9.59 Å². The first-order chi connectivity index (χ1) is 9.66. The summed E-state index contributed by atoms with van der Waals surface area (Å²) in [6, 6.07) is 0. The molecule has 0 aromatic heterocycles. The molecule has 1 aliphatic heterocycles. The molecule has 4 aliphatic rings. The van der Waals surface area contributed by atoms with Gasteiger partial charge in [-0.2, -0.15) is 13.2 Å². The van der Waals surface area contributed by atoms with E-state index in [9.17, 15) is 22.8 Å². The first-order valence-electron chi connectivity index (χ1n) is 7.25. The molecule has 0 unspecified atom stereocenters. The fraction of sp³-hybridized carbons (Fsp3) is 0.857. The van der Waals surface area contributed by atoms with Crippen LogP contribution in [0.3, 0.4) is 0 Å². The van der Waals surface area contributed by atoms with E-state index in [1.807, 2.05) is 0 Å². The molecule has 7 heteroatoms. The van der Waals surface area contributed by atoms with Crippen molar-refractivity contribution in [3.05, 3.63) is 0 Å². The number of amides is 1. The number of carboxylic acids is 1. The topological polar surface area (TPSA) is 57.6 Å². The number of likely N-dealkylation sites (tertiary alicyclic amines) is 1. The second-order valence-electron chi connectivity index (χ2n) is 7.05. The SMILES string of the molecule is O=C(N1CCC(CC23CC(C(=O)O)(C2)C3)CC1)C(F)(F)F. The fourth-order valence-corrected chi connectivity index (χ4v) is 4.57. The number of carbonyl (C=O) groups excluding carboxylic acids is 1. The van der Waals surface area contributed by atoms with Crippen molar-refractivity contribution in [2.24, 2.45) is 16.7 Å². The molecule has 0 aromatic carbocycles. The summed E-state index contributed by atoms with van der Waals surface area (Å²) in [7, 11) is 0. The molecule has 4 fully saturated rings. The molecule has 118 valence electrons. The van der Waals surface area contributed by atoms with Crippen LogP contribution in [0.2, 0.25) is 0 Å². The quantitative estimate of drug-likeness (QED) is 0.871. The predicted octanol–water partition coefficient (Wildman–Crippen LogP) is 2.43. The van der Waals surface area contributed by atoms with Gasteiger partial charge in [-0.25, -0.2) is 0 Å². The van der Waals surface area contributed by atoms with Gasteiger partial charge in [-0.15, -0.1) is 0 Å². The molecule has 1 amide bonds. The number of alkyl halides is 3. The van der Waals surface area contributed by atoms with Crippen LogP contribution in [0, 0.1) is 16.7 Å². The second-order valence-corrected chi connectivity index (χ2v) is 7.05. The number of halogens is 3. The monoisotopic (exact) mass is 305 g/mol. The molecule has 1 saturated heterocycles. The van der Waals surface area contributed by atoms with E-state index >= 15 is 0 Å². The van der Waals surface area contributed by atoms with E-state index in [2.05, 4.69) is 0 Å². The zero-order valence-electron chi connectivity index (χ0n) is 11.6. The number of piperidine rings is 1. The summed E-state index contributed by atoms with van der Waals surface area (Å²) in [6.07, 6.45) is -0.553. The number of aliphatic carboxylic acids is 1. The maximum Gasteiger partial charge on any atom is 0.471 e. The molecule has 0 radical (unpaired) electrons. The molecule has 3 saturated carbocycles. The molecule has 4 nitrogen and oxygen atoms in total. The van der Waals surface area contributed by atoms with E-state index in [1.54, 1.807) is 0 Å². The first-order valence-corrected chi connectivity index (χ1v) is 7.25. The van der Waals surface area contributed by atoms with Crippen LogP contribution in [0.1, 0.15) is 38.5 Å². The summed E-state index contributed by atoms with van der Waals surface area (Å²) in [4.78, 5) is 23.1. The standard InChI is InChI=1S/C14H18F3NO3/c15-14(16,17)10(19)18-3-1-9(2-4-18)5-12-6-13(7-12,8-12)11(20)21/h9H,1-8H2,(H,20,21). The molecule has 1 heterocycles. The molecule has 2 bridgehead atoms. The minimum Gasteiger partial charge on any atom is -0.481 e. The van der Waals surface area contributed by atoms with Crippen molar-refractivity contribution in [2.45, 2.75) is 44.7 Å². The van der Waals surface area contributed by atoms with Crippen molar-refractivity contribution in [3.8, 4) is 0 Å². The average molecular weight is 305 g/mol. The van der Waals surface area contributed by atoms with E-state index in [4.69, 9.17) is 5.11 Å². The highest BCUT2D eigenvalue weighted by Gasteiger charge is 2.71. The number of hydrogen-bond acceptors (Lipinski definition) is 2. The lowest BCUT2D eigenvalue weighted by atomic mass is 9.33. The van der Waals surface area contributed by atoms with Gasteiger partial charge in [-0.05, 0) is 49.9 Å². The van der Waals surface area contributed by atoms with Gasteiger partial charge in [0.2, 0.25) is 0 Å². The Morgan fingerprint density at radius 1 is 1.14 bits per heavy atom. The minimum absolute atomic E-state index is 0.124. The van der Waals surface area contributed by atoms with Gasteiger partial charge in [0.25, 0.3) is 0 Å². The highest BCUT2D eigenvalue weighted by molar-refractivity contribution is 5.82. The Bertz CT molecular complexity index is 461. The molecule has 0 aromatic rings. The first kappa shape index (κ1) is 14.7. The summed E-state index contributed by atoms with van der Waals surface area (Å²) in [5.41, 5.74) is -0.369. The van der Waals surface area contributed by atoms with Gasteiger partial charge < -0.3 is 10.0 Å². The number of hydrogen-bond donors (Lipinski definition) is 1. The normalized spacial score (nSPS) is 35.9. The molecular formula is C14H18F3NO3. The summed E-state index contributed by atoms with van der Waals surface area (Å²) in [5.74, 6) is -2.14. The van der Waals surface area contributed by atoms with Gasteiger partial charge in [-0.1, -0.05) is 0 Å². The fourth-order valence-electron chi connectivity index (χ4n) is 4.57. The summed E-state index contributed by atoms with van der Waals surface area (Å²) >= 11 is 0. The lowest BCUT2D eigenvalue weighted by molar-refractivity contribution is -0.229. The third-order valence-corrected chi connectivity index (χ3v) is 5.46. The van der Waals surface area contributed by atoms with Crippen molar-refractivity contribution in [1.29, 1.82) is 0 Å². The number of carboxylic acid groups (broad SMARTS) is 1. The Morgan fingerprint density at radius 2 is 1.67 bits per heavy atom. The van der Waals surface area contributed by atoms with E-state index in [0.717, 1.165) is 30.6 Å². The van der Waals surface area contributed by atoms with Crippen molar-refractivity contribution in [1.82, 2.24) is 4.90 Å². The van der Waals surface area contributed by atoms with Crippen LogP contribution in [0.15, 0.2) is 0 Å². The molecule has 0 spiro atoms. The van der Waals surface area contributed by atoms with E-state index in [1.165, 1.54) is 0 Å². The van der Waals surface area contributed by atoms with Crippen LogP contribution in [0.25, 0.3) is 0 Å².